The summed E-state index contributed by atoms with van der Waals surface area (Å²) in [7, 11) is 0. The van der Waals surface area contributed by atoms with Gasteiger partial charge in [-0.1, -0.05) is 34.1 Å². The van der Waals surface area contributed by atoms with Gasteiger partial charge < -0.3 is 4.90 Å². The van der Waals surface area contributed by atoms with E-state index in [1.165, 1.54) is 12.8 Å². The van der Waals surface area contributed by atoms with Crippen molar-refractivity contribution >= 4 is 5.91 Å². The lowest BCUT2D eigenvalue weighted by atomic mass is 9.84. The van der Waals surface area contributed by atoms with Gasteiger partial charge in [0.2, 0.25) is 5.91 Å². The predicted octanol–water partition coefficient (Wildman–Crippen LogP) is 3.21. The number of rotatable bonds is 2. The fraction of sp³-hybridized carbons (Fsp3) is 0.923. The molecule has 88 valence electrons. The number of hydrogen-bond donors (Lipinski definition) is 0. The molecular weight excluding hydrogens is 186 g/mol. The van der Waals surface area contributed by atoms with E-state index < -0.39 is 0 Å². The molecule has 0 saturated carbocycles. The van der Waals surface area contributed by atoms with Crippen LogP contribution in [0.15, 0.2) is 0 Å². The normalized spacial score (nSPS) is 21.3. The summed E-state index contributed by atoms with van der Waals surface area (Å²) in [6, 6.07) is 0.406. The molecular formula is C13H25NO. The molecule has 1 rings (SSSR count). The van der Waals surface area contributed by atoms with Crippen molar-refractivity contribution < 1.29 is 4.79 Å². The van der Waals surface area contributed by atoms with Crippen LogP contribution < -0.4 is 0 Å². The van der Waals surface area contributed by atoms with Crippen LogP contribution in [0, 0.1) is 5.41 Å². The Morgan fingerprint density at radius 1 is 1.27 bits per heavy atom. The van der Waals surface area contributed by atoms with E-state index in [4.69, 9.17) is 0 Å². The lowest BCUT2D eigenvalue weighted by molar-refractivity contribution is -0.135. The lowest BCUT2D eigenvalue weighted by Crippen LogP contribution is -2.46. The maximum Gasteiger partial charge on any atom is 0.222 e. The van der Waals surface area contributed by atoms with E-state index in [2.05, 4.69) is 32.6 Å². The number of amides is 1. The van der Waals surface area contributed by atoms with Crippen molar-refractivity contribution in [3.05, 3.63) is 0 Å². The largest absolute Gasteiger partial charge is 0.339 e. The van der Waals surface area contributed by atoms with Gasteiger partial charge in [-0.3, -0.25) is 4.79 Å². The zero-order valence-electron chi connectivity index (χ0n) is 10.7. The molecule has 2 heteroatoms. The van der Waals surface area contributed by atoms with Crippen LogP contribution in [0.4, 0.5) is 0 Å². The Hall–Kier alpha value is -0.530. The van der Waals surface area contributed by atoms with E-state index in [-0.39, 0.29) is 5.41 Å². The zero-order valence-corrected chi connectivity index (χ0v) is 10.7. The van der Waals surface area contributed by atoms with Crippen molar-refractivity contribution in [2.45, 2.75) is 65.8 Å². The molecule has 1 aliphatic rings. The molecule has 1 fully saturated rings. The quantitative estimate of drug-likeness (QED) is 0.687. The number of carbonyl (C=O) groups is 1. The van der Waals surface area contributed by atoms with Gasteiger partial charge in [0, 0.05) is 19.0 Å². The molecule has 1 aliphatic heterocycles. The van der Waals surface area contributed by atoms with E-state index in [0.29, 0.717) is 11.9 Å². The highest BCUT2D eigenvalue weighted by atomic mass is 16.2. The van der Waals surface area contributed by atoms with Crippen LogP contribution in [0.25, 0.3) is 0 Å². The zero-order chi connectivity index (χ0) is 11.5. The molecule has 1 amide bonds. The van der Waals surface area contributed by atoms with Gasteiger partial charge in [-0.2, -0.15) is 0 Å². The smallest absolute Gasteiger partial charge is 0.222 e. The first kappa shape index (κ1) is 12.5. The maximum absolute atomic E-state index is 12.0. The van der Waals surface area contributed by atoms with Gasteiger partial charge in [0.15, 0.2) is 0 Å². The molecule has 2 nitrogen and oxygen atoms in total. The van der Waals surface area contributed by atoms with Crippen molar-refractivity contribution in [2.24, 2.45) is 5.41 Å². The van der Waals surface area contributed by atoms with E-state index in [1.54, 1.807) is 0 Å². The molecule has 1 saturated heterocycles. The molecule has 0 aromatic carbocycles. The number of carbonyl (C=O) groups excluding carboxylic acids is 1. The minimum Gasteiger partial charge on any atom is -0.339 e. The third-order valence-electron chi connectivity index (χ3n) is 3.37. The highest BCUT2D eigenvalue weighted by Gasteiger charge is 2.32. The standard InChI is InChI=1S/C13H25NO/c1-5-11(13(2,3)4)14-10-8-6-7-9-12(14)15/h11H,5-10H2,1-4H3. The fourth-order valence-corrected chi connectivity index (χ4v) is 2.63. The average Bonchev–Trinajstić information content (AvgIpc) is 2.31. The molecule has 0 spiro atoms. The van der Waals surface area contributed by atoms with Crippen molar-refractivity contribution in [1.82, 2.24) is 4.90 Å². The molecule has 1 heterocycles. The summed E-state index contributed by atoms with van der Waals surface area (Å²) in [6.07, 6.45) is 5.29. The van der Waals surface area contributed by atoms with Crippen LogP contribution in [0.2, 0.25) is 0 Å². The first-order chi connectivity index (χ1) is 6.96. The Kier molecular flexibility index (Phi) is 4.18. The third kappa shape index (κ3) is 3.22. The number of hydrogen-bond acceptors (Lipinski definition) is 1. The number of nitrogens with zero attached hydrogens (tertiary/aromatic N) is 1. The summed E-state index contributed by atoms with van der Waals surface area (Å²) in [6.45, 7) is 9.86. The minimum atomic E-state index is 0.203. The van der Waals surface area contributed by atoms with E-state index in [1.807, 2.05) is 0 Å². The molecule has 0 bridgehead atoms. The molecule has 0 aliphatic carbocycles. The summed E-state index contributed by atoms with van der Waals surface area (Å²) in [4.78, 5) is 14.1. The van der Waals surface area contributed by atoms with Gasteiger partial charge in [0.25, 0.3) is 0 Å². The van der Waals surface area contributed by atoms with Crippen LogP contribution in [-0.4, -0.2) is 23.4 Å². The maximum atomic E-state index is 12.0. The highest BCUT2D eigenvalue weighted by Crippen LogP contribution is 2.29. The molecule has 1 unspecified atom stereocenters. The highest BCUT2D eigenvalue weighted by molar-refractivity contribution is 5.76. The Labute approximate surface area is 94.0 Å². The van der Waals surface area contributed by atoms with Crippen LogP contribution >= 0.6 is 0 Å². The van der Waals surface area contributed by atoms with Gasteiger partial charge >= 0.3 is 0 Å². The van der Waals surface area contributed by atoms with Crippen molar-refractivity contribution in [3.63, 3.8) is 0 Å². The van der Waals surface area contributed by atoms with E-state index in [0.717, 1.165) is 25.8 Å². The van der Waals surface area contributed by atoms with Crippen molar-refractivity contribution in [3.8, 4) is 0 Å². The summed E-state index contributed by atoms with van der Waals surface area (Å²) in [5.74, 6) is 0.370. The Balaban J connectivity index is 2.77. The number of likely N-dealkylation sites (tertiary alicyclic amines) is 1. The lowest BCUT2D eigenvalue weighted by Gasteiger charge is -2.39. The first-order valence-electron chi connectivity index (χ1n) is 6.26. The molecule has 0 radical (unpaired) electrons. The van der Waals surface area contributed by atoms with E-state index >= 15 is 0 Å². The Morgan fingerprint density at radius 2 is 1.93 bits per heavy atom. The van der Waals surface area contributed by atoms with Crippen LogP contribution in [-0.2, 0) is 4.79 Å². The third-order valence-corrected chi connectivity index (χ3v) is 3.37. The summed E-state index contributed by atoms with van der Waals surface area (Å²) in [5, 5.41) is 0. The SMILES string of the molecule is CCC(N1CCCCCC1=O)C(C)(C)C. The Morgan fingerprint density at radius 3 is 2.47 bits per heavy atom. The van der Waals surface area contributed by atoms with Gasteiger partial charge in [-0.05, 0) is 24.7 Å². The fourth-order valence-electron chi connectivity index (χ4n) is 2.63. The van der Waals surface area contributed by atoms with Gasteiger partial charge in [-0.15, -0.1) is 0 Å². The monoisotopic (exact) mass is 211 g/mol. The molecule has 15 heavy (non-hydrogen) atoms. The molecule has 0 aromatic heterocycles. The van der Waals surface area contributed by atoms with Crippen molar-refractivity contribution in [2.75, 3.05) is 6.54 Å². The van der Waals surface area contributed by atoms with Crippen LogP contribution in [0.3, 0.4) is 0 Å². The summed E-state index contributed by atoms with van der Waals surface area (Å²) in [5.41, 5.74) is 0.203. The topological polar surface area (TPSA) is 20.3 Å². The minimum absolute atomic E-state index is 0.203. The van der Waals surface area contributed by atoms with Crippen molar-refractivity contribution in [1.29, 1.82) is 0 Å². The summed E-state index contributed by atoms with van der Waals surface area (Å²) < 4.78 is 0. The second kappa shape index (κ2) is 5.00. The average molecular weight is 211 g/mol. The van der Waals surface area contributed by atoms with E-state index in [9.17, 15) is 4.79 Å². The van der Waals surface area contributed by atoms with Gasteiger partial charge in [0.05, 0.1) is 0 Å². The summed E-state index contributed by atoms with van der Waals surface area (Å²) >= 11 is 0. The Bertz CT molecular complexity index is 217. The molecule has 1 atom stereocenters. The second-order valence-corrected chi connectivity index (χ2v) is 5.69. The van der Waals surface area contributed by atoms with Gasteiger partial charge in [-0.25, -0.2) is 0 Å². The van der Waals surface area contributed by atoms with Gasteiger partial charge in [0.1, 0.15) is 0 Å². The molecule has 0 N–H and O–H groups in total. The van der Waals surface area contributed by atoms with Crippen LogP contribution in [0.5, 0.6) is 0 Å². The van der Waals surface area contributed by atoms with Crippen LogP contribution in [0.1, 0.15) is 59.8 Å². The first-order valence-corrected chi connectivity index (χ1v) is 6.26. The predicted molar refractivity (Wildman–Crippen MR) is 63.7 cm³/mol. The second-order valence-electron chi connectivity index (χ2n) is 5.69. The molecule has 0 aromatic rings.